The number of aryl methyl sites for hydroxylation is 2. The molecule has 0 spiro atoms. The average molecular weight is 587 g/mol. The van der Waals surface area contributed by atoms with Crippen LogP contribution in [0.5, 0.6) is 11.6 Å². The Balaban J connectivity index is 1.41. The minimum atomic E-state index is -0.216. The number of hydrogen-bond donors (Lipinski definition) is 1. The first-order valence-electron chi connectivity index (χ1n) is 12.6. The van der Waals surface area contributed by atoms with Gasteiger partial charge in [0.2, 0.25) is 5.88 Å². The van der Waals surface area contributed by atoms with Crippen molar-refractivity contribution in [2.24, 2.45) is 0 Å². The third-order valence-electron chi connectivity index (χ3n) is 6.23. The second-order valence-corrected chi connectivity index (χ2v) is 10.5. The maximum atomic E-state index is 13.9. The molecule has 1 N–H and O–H groups in total. The molecule has 41 heavy (non-hydrogen) atoms. The molecule has 0 fully saturated rings. The van der Waals surface area contributed by atoms with Crippen molar-refractivity contribution in [2.75, 3.05) is 24.4 Å². The predicted molar refractivity (Wildman–Crippen MR) is 162 cm³/mol. The fraction of sp³-hybridized carbons (Fsp3) is 0.167. The molecule has 0 saturated carbocycles. The Kier molecular flexibility index (Phi) is 8.42. The quantitative estimate of drug-likeness (QED) is 0.199. The number of carbonyl (C=O) groups is 1. The van der Waals surface area contributed by atoms with E-state index in [0.717, 1.165) is 22.4 Å². The number of aromatic nitrogens is 4. The second-order valence-electron chi connectivity index (χ2n) is 9.07. The molecule has 0 radical (unpaired) electrons. The summed E-state index contributed by atoms with van der Waals surface area (Å²) in [5, 5.41) is 4.23. The number of halogens is 1. The molecule has 0 aliphatic carbocycles. The smallest absolute Gasteiger partial charge is 0.270 e. The number of para-hydroxylation sites is 1. The highest BCUT2D eigenvalue weighted by Gasteiger charge is 2.24. The first-order chi connectivity index (χ1) is 19.8. The van der Waals surface area contributed by atoms with E-state index < -0.39 is 0 Å². The summed E-state index contributed by atoms with van der Waals surface area (Å²) in [4.78, 5) is 33.8. The molecule has 9 nitrogen and oxygen atoms in total. The lowest BCUT2D eigenvalue weighted by Gasteiger charge is -2.25. The molecular weight excluding hydrogens is 560 g/mol. The number of hydrogen-bond acceptors (Lipinski definition) is 9. The molecule has 5 rings (SSSR count). The SMILES string of the molecule is COc1ccc(CN(C(=O)c2cnc(Nc3cc(-c4ccc(OC)nc4)nc(C)n3)s2)c2c(C)cccc2Cl)cc1. The fourth-order valence-electron chi connectivity index (χ4n) is 4.24. The van der Waals surface area contributed by atoms with E-state index in [4.69, 9.17) is 21.1 Å². The van der Waals surface area contributed by atoms with Gasteiger partial charge < -0.3 is 19.7 Å². The highest BCUT2D eigenvalue weighted by molar-refractivity contribution is 7.17. The van der Waals surface area contributed by atoms with Gasteiger partial charge in [-0.15, -0.1) is 0 Å². The number of anilines is 3. The Hall–Kier alpha value is -4.54. The van der Waals surface area contributed by atoms with Gasteiger partial charge in [0.1, 0.15) is 22.3 Å². The highest BCUT2D eigenvalue weighted by atomic mass is 35.5. The average Bonchev–Trinajstić information content (AvgIpc) is 3.44. The zero-order valence-electron chi connectivity index (χ0n) is 22.9. The van der Waals surface area contributed by atoms with E-state index in [-0.39, 0.29) is 5.91 Å². The maximum absolute atomic E-state index is 13.9. The first kappa shape index (κ1) is 28.0. The molecule has 2 aromatic carbocycles. The van der Waals surface area contributed by atoms with Crippen LogP contribution >= 0.6 is 22.9 Å². The van der Waals surface area contributed by atoms with Gasteiger partial charge in [0.15, 0.2) is 5.13 Å². The summed E-state index contributed by atoms with van der Waals surface area (Å²) in [5.74, 6) is 2.17. The minimum Gasteiger partial charge on any atom is -0.497 e. The van der Waals surface area contributed by atoms with Gasteiger partial charge in [0.25, 0.3) is 5.91 Å². The summed E-state index contributed by atoms with van der Waals surface area (Å²) in [6, 6.07) is 18.6. The molecule has 0 unspecified atom stereocenters. The van der Waals surface area contributed by atoms with E-state index in [1.165, 1.54) is 11.3 Å². The highest BCUT2D eigenvalue weighted by Crippen LogP contribution is 2.34. The van der Waals surface area contributed by atoms with Crippen molar-refractivity contribution in [3.63, 3.8) is 0 Å². The Labute approximate surface area is 246 Å². The van der Waals surface area contributed by atoms with Crippen LogP contribution in [0.15, 0.2) is 73.1 Å². The number of pyridine rings is 1. The van der Waals surface area contributed by atoms with E-state index >= 15 is 0 Å². The van der Waals surface area contributed by atoms with Gasteiger partial charge in [0, 0.05) is 23.9 Å². The summed E-state index contributed by atoms with van der Waals surface area (Å²) < 4.78 is 10.4. The van der Waals surface area contributed by atoms with E-state index in [0.29, 0.717) is 50.5 Å². The summed E-state index contributed by atoms with van der Waals surface area (Å²) in [6.07, 6.45) is 3.25. The lowest BCUT2D eigenvalue weighted by molar-refractivity contribution is 0.0988. The van der Waals surface area contributed by atoms with Crippen molar-refractivity contribution in [2.45, 2.75) is 20.4 Å². The van der Waals surface area contributed by atoms with Crippen LogP contribution in [0, 0.1) is 13.8 Å². The number of benzene rings is 2. The molecule has 0 atom stereocenters. The summed E-state index contributed by atoms with van der Waals surface area (Å²) in [7, 11) is 3.19. The molecule has 11 heteroatoms. The van der Waals surface area contributed by atoms with Crippen LogP contribution in [0.4, 0.5) is 16.6 Å². The molecular formula is C30H27ClN6O3S. The Morgan fingerprint density at radius 1 is 0.976 bits per heavy atom. The van der Waals surface area contributed by atoms with Crippen molar-refractivity contribution in [3.05, 3.63) is 99.9 Å². The van der Waals surface area contributed by atoms with E-state index in [1.54, 1.807) is 43.6 Å². The number of amides is 1. The molecule has 1 amide bonds. The summed E-state index contributed by atoms with van der Waals surface area (Å²) in [5.41, 5.74) is 3.99. The molecule has 3 aromatic heterocycles. The van der Waals surface area contributed by atoms with Gasteiger partial charge in [-0.3, -0.25) is 4.79 Å². The third kappa shape index (κ3) is 6.45. The third-order valence-corrected chi connectivity index (χ3v) is 7.44. The fourth-order valence-corrected chi connectivity index (χ4v) is 5.33. The molecule has 0 aliphatic rings. The number of carbonyl (C=O) groups excluding carboxylic acids is 1. The van der Waals surface area contributed by atoms with Crippen molar-refractivity contribution >= 4 is 45.5 Å². The predicted octanol–water partition coefficient (Wildman–Crippen LogP) is 6.87. The largest absolute Gasteiger partial charge is 0.497 e. The van der Waals surface area contributed by atoms with Gasteiger partial charge in [-0.1, -0.05) is 47.2 Å². The van der Waals surface area contributed by atoms with Crippen LogP contribution in [0.1, 0.15) is 26.6 Å². The second kappa shape index (κ2) is 12.3. The van der Waals surface area contributed by atoms with E-state index in [2.05, 4.69) is 25.3 Å². The Morgan fingerprint density at radius 2 is 1.78 bits per heavy atom. The summed E-state index contributed by atoms with van der Waals surface area (Å²) >= 11 is 7.85. The number of nitrogens with one attached hydrogen (secondary N) is 1. The van der Waals surface area contributed by atoms with Crippen LogP contribution < -0.4 is 19.7 Å². The van der Waals surface area contributed by atoms with E-state index in [1.807, 2.05) is 62.4 Å². The van der Waals surface area contributed by atoms with Crippen molar-refractivity contribution < 1.29 is 14.3 Å². The van der Waals surface area contributed by atoms with Gasteiger partial charge in [-0.05, 0) is 49.2 Å². The van der Waals surface area contributed by atoms with Crippen LogP contribution in [0.25, 0.3) is 11.3 Å². The summed E-state index contributed by atoms with van der Waals surface area (Å²) in [6.45, 7) is 4.06. The van der Waals surface area contributed by atoms with Crippen LogP contribution in [0.3, 0.4) is 0 Å². The molecule has 208 valence electrons. The van der Waals surface area contributed by atoms with Crippen LogP contribution in [-0.4, -0.2) is 40.1 Å². The molecule has 0 bridgehead atoms. The number of ether oxygens (including phenoxy) is 2. The molecule has 5 aromatic rings. The number of nitrogens with zero attached hydrogens (tertiary/aromatic N) is 5. The van der Waals surface area contributed by atoms with Crippen molar-refractivity contribution in [1.29, 1.82) is 0 Å². The van der Waals surface area contributed by atoms with Gasteiger partial charge >= 0.3 is 0 Å². The minimum absolute atomic E-state index is 0.216. The number of rotatable bonds is 9. The monoisotopic (exact) mass is 586 g/mol. The van der Waals surface area contributed by atoms with Crippen molar-refractivity contribution in [3.8, 4) is 22.9 Å². The normalized spacial score (nSPS) is 10.8. The topological polar surface area (TPSA) is 102 Å². The number of thiazole rings is 1. The van der Waals surface area contributed by atoms with Gasteiger partial charge in [-0.25, -0.2) is 19.9 Å². The van der Waals surface area contributed by atoms with Crippen LogP contribution in [-0.2, 0) is 6.54 Å². The zero-order valence-corrected chi connectivity index (χ0v) is 24.5. The lowest BCUT2D eigenvalue weighted by Crippen LogP contribution is -2.30. The van der Waals surface area contributed by atoms with Gasteiger partial charge in [0.05, 0.1) is 43.4 Å². The Bertz CT molecular complexity index is 1650. The van der Waals surface area contributed by atoms with Crippen LogP contribution in [0.2, 0.25) is 5.02 Å². The standard InChI is InChI=1S/C30H27ClN6O3S/c1-18-6-5-7-23(31)28(18)37(17-20-8-11-22(39-3)12-9-20)29(38)25-16-33-30(41-25)36-26-14-24(34-19(2)35-26)21-10-13-27(40-4)32-15-21/h5-16H,17H2,1-4H3,(H,33,34,35,36). The first-order valence-corrected chi connectivity index (χ1v) is 13.8. The zero-order chi connectivity index (χ0) is 28.9. The molecule has 0 saturated heterocycles. The number of methoxy groups -OCH3 is 2. The molecule has 0 aliphatic heterocycles. The van der Waals surface area contributed by atoms with E-state index in [9.17, 15) is 4.79 Å². The molecule has 3 heterocycles. The van der Waals surface area contributed by atoms with Gasteiger partial charge in [-0.2, -0.15) is 0 Å². The Morgan fingerprint density at radius 3 is 2.46 bits per heavy atom. The maximum Gasteiger partial charge on any atom is 0.270 e. The van der Waals surface area contributed by atoms with Crippen molar-refractivity contribution in [1.82, 2.24) is 19.9 Å². The lowest BCUT2D eigenvalue weighted by atomic mass is 10.1.